The molecule has 105 valence electrons. The highest BCUT2D eigenvalue weighted by atomic mass is 16.2. The van der Waals surface area contributed by atoms with Gasteiger partial charge in [-0.3, -0.25) is 19.8 Å². The van der Waals surface area contributed by atoms with E-state index in [4.69, 9.17) is 0 Å². The summed E-state index contributed by atoms with van der Waals surface area (Å²) >= 11 is 0. The van der Waals surface area contributed by atoms with Crippen molar-refractivity contribution >= 4 is 24.2 Å². The Balaban J connectivity index is 2.71. The van der Waals surface area contributed by atoms with Crippen LogP contribution in [0.4, 0.5) is 0 Å². The molecule has 0 fully saturated rings. The predicted octanol–water partition coefficient (Wildman–Crippen LogP) is 1.33. The van der Waals surface area contributed by atoms with Crippen LogP contribution in [-0.2, 0) is 14.4 Å². The minimum absolute atomic E-state index is 0.282. The van der Waals surface area contributed by atoms with Crippen molar-refractivity contribution in [1.29, 1.82) is 0 Å². The van der Waals surface area contributed by atoms with E-state index in [1.807, 2.05) is 30.3 Å². The summed E-state index contributed by atoms with van der Waals surface area (Å²) in [5.74, 6) is -1.09. The van der Waals surface area contributed by atoms with E-state index in [0.29, 0.717) is 0 Å². The Morgan fingerprint density at radius 3 is 2.50 bits per heavy atom. The molecule has 0 bridgehead atoms. The van der Waals surface area contributed by atoms with E-state index in [0.717, 1.165) is 10.6 Å². The molecule has 0 aromatic heterocycles. The Kier molecular flexibility index (Phi) is 6.16. The molecule has 1 N–H and O–H groups in total. The fourth-order valence-corrected chi connectivity index (χ4v) is 1.32. The van der Waals surface area contributed by atoms with Crippen molar-refractivity contribution in [3.8, 4) is 0 Å². The maximum absolute atomic E-state index is 11.9. The summed E-state index contributed by atoms with van der Waals surface area (Å²) in [7, 11) is 0. The zero-order valence-corrected chi connectivity index (χ0v) is 11.5. The van der Waals surface area contributed by atoms with Crippen LogP contribution < -0.4 is 5.43 Å². The van der Waals surface area contributed by atoms with Gasteiger partial charge in [-0.2, -0.15) is 0 Å². The third-order valence-electron chi connectivity index (χ3n) is 2.48. The van der Waals surface area contributed by atoms with E-state index >= 15 is 0 Å². The molecule has 0 spiro atoms. The number of rotatable bonds is 5. The van der Waals surface area contributed by atoms with Crippen molar-refractivity contribution in [3.05, 3.63) is 42.0 Å². The normalized spacial score (nSPS) is 10.6. The van der Waals surface area contributed by atoms with Crippen LogP contribution in [0.15, 0.2) is 36.4 Å². The van der Waals surface area contributed by atoms with Crippen LogP contribution >= 0.6 is 0 Å². The minimum atomic E-state index is -0.480. The largest absolute Gasteiger partial charge is 0.289 e. The molecule has 5 nitrogen and oxygen atoms in total. The molecule has 1 rings (SSSR count). The summed E-state index contributed by atoms with van der Waals surface area (Å²) in [6.07, 6.45) is 4.51. The smallest absolute Gasteiger partial charge is 0.265 e. The average Bonchev–Trinajstić information content (AvgIpc) is 2.45. The molecule has 0 aliphatic heterocycles. The quantitative estimate of drug-likeness (QED) is 0.650. The maximum atomic E-state index is 11.9. The van der Waals surface area contributed by atoms with Crippen molar-refractivity contribution < 1.29 is 14.4 Å². The molecular formula is C15H17N2O3. The number of carbonyl (C=O) groups is 2. The van der Waals surface area contributed by atoms with Gasteiger partial charge in [0.25, 0.3) is 5.91 Å². The second-order valence-electron chi connectivity index (χ2n) is 4.44. The van der Waals surface area contributed by atoms with Gasteiger partial charge < -0.3 is 0 Å². The number of carbonyl (C=O) groups excluding carboxylic acids is 3. The summed E-state index contributed by atoms with van der Waals surface area (Å²) in [6.45, 7) is 3.08. The minimum Gasteiger partial charge on any atom is -0.289 e. The summed E-state index contributed by atoms with van der Waals surface area (Å²) in [5.41, 5.74) is 3.24. The molecule has 1 aromatic rings. The number of hydrazine groups is 1. The lowest BCUT2D eigenvalue weighted by Crippen LogP contribution is -2.47. The first-order valence-electron chi connectivity index (χ1n) is 6.24. The maximum Gasteiger partial charge on any atom is 0.265 e. The van der Waals surface area contributed by atoms with E-state index in [1.165, 1.54) is 6.08 Å². The SMILES string of the molecule is CC(C)C(=O)NN(C[C]=O)C(=O)C=Cc1ccccc1. The summed E-state index contributed by atoms with van der Waals surface area (Å²) < 4.78 is 0. The molecule has 0 atom stereocenters. The van der Waals surface area contributed by atoms with Gasteiger partial charge in [0.15, 0.2) is 0 Å². The van der Waals surface area contributed by atoms with Crippen molar-refractivity contribution in [2.75, 3.05) is 6.54 Å². The molecule has 0 saturated heterocycles. The monoisotopic (exact) mass is 273 g/mol. The van der Waals surface area contributed by atoms with Crippen LogP contribution in [0.1, 0.15) is 19.4 Å². The molecule has 0 heterocycles. The number of hydrogen-bond donors (Lipinski definition) is 1. The first-order chi connectivity index (χ1) is 9.54. The molecule has 0 aliphatic rings. The van der Waals surface area contributed by atoms with E-state index < -0.39 is 5.91 Å². The fraction of sp³-hybridized carbons (Fsp3) is 0.267. The zero-order valence-electron chi connectivity index (χ0n) is 11.5. The molecule has 0 aliphatic carbocycles. The van der Waals surface area contributed by atoms with Crippen molar-refractivity contribution in [1.82, 2.24) is 10.4 Å². The van der Waals surface area contributed by atoms with Gasteiger partial charge >= 0.3 is 0 Å². The third kappa shape index (κ3) is 5.06. The molecular weight excluding hydrogens is 256 g/mol. The van der Waals surface area contributed by atoms with E-state index in [1.54, 1.807) is 26.2 Å². The molecule has 2 amide bonds. The van der Waals surface area contributed by atoms with Crippen molar-refractivity contribution in [2.24, 2.45) is 5.92 Å². The first-order valence-corrected chi connectivity index (χ1v) is 6.24. The fourth-order valence-electron chi connectivity index (χ4n) is 1.32. The standard InChI is InChI=1S/C15H17N2O3/c1-12(2)15(20)16-17(10-11-18)14(19)9-8-13-6-4-3-5-7-13/h3-9,12H,10H2,1-2H3,(H,16,20). The van der Waals surface area contributed by atoms with Gasteiger partial charge in [-0.25, -0.2) is 5.01 Å². The van der Waals surface area contributed by atoms with Gasteiger partial charge in [0.2, 0.25) is 12.2 Å². The van der Waals surface area contributed by atoms with Crippen LogP contribution in [0, 0.1) is 5.92 Å². The number of hydrogen-bond acceptors (Lipinski definition) is 3. The van der Waals surface area contributed by atoms with Crippen LogP contribution in [0.25, 0.3) is 6.08 Å². The van der Waals surface area contributed by atoms with E-state index in [2.05, 4.69) is 5.43 Å². The molecule has 1 aromatic carbocycles. The number of nitrogens with one attached hydrogen (secondary N) is 1. The lowest BCUT2D eigenvalue weighted by Gasteiger charge is -2.20. The lowest BCUT2D eigenvalue weighted by molar-refractivity contribution is -0.138. The van der Waals surface area contributed by atoms with Gasteiger partial charge in [0.05, 0.1) is 0 Å². The highest BCUT2D eigenvalue weighted by Gasteiger charge is 2.15. The number of benzene rings is 1. The van der Waals surface area contributed by atoms with Gasteiger partial charge in [0, 0.05) is 12.0 Å². The second kappa shape index (κ2) is 7.89. The van der Waals surface area contributed by atoms with Crippen molar-refractivity contribution in [3.63, 3.8) is 0 Å². The third-order valence-corrected chi connectivity index (χ3v) is 2.48. The molecule has 20 heavy (non-hydrogen) atoms. The van der Waals surface area contributed by atoms with Gasteiger partial charge in [-0.05, 0) is 11.6 Å². The second-order valence-corrected chi connectivity index (χ2v) is 4.44. The van der Waals surface area contributed by atoms with Crippen LogP contribution in [0.5, 0.6) is 0 Å². The Morgan fingerprint density at radius 1 is 1.30 bits per heavy atom. The van der Waals surface area contributed by atoms with Crippen LogP contribution in [0.3, 0.4) is 0 Å². The molecule has 1 radical (unpaired) electrons. The summed E-state index contributed by atoms with van der Waals surface area (Å²) in [5, 5.41) is 0.939. The van der Waals surface area contributed by atoms with E-state index in [9.17, 15) is 14.4 Å². The highest BCUT2D eigenvalue weighted by Crippen LogP contribution is 2.02. The molecule has 5 heteroatoms. The Hall–Kier alpha value is -2.43. The van der Waals surface area contributed by atoms with E-state index in [-0.39, 0.29) is 18.4 Å². The Labute approximate surface area is 118 Å². The van der Waals surface area contributed by atoms with Crippen molar-refractivity contribution in [2.45, 2.75) is 13.8 Å². The number of amides is 2. The average molecular weight is 273 g/mol. The molecule has 0 saturated carbocycles. The lowest BCUT2D eigenvalue weighted by atomic mass is 10.2. The topological polar surface area (TPSA) is 66.5 Å². The van der Waals surface area contributed by atoms with Crippen LogP contribution in [-0.4, -0.2) is 29.7 Å². The number of nitrogens with zero attached hydrogens (tertiary/aromatic N) is 1. The molecule has 0 unspecified atom stereocenters. The first kappa shape index (κ1) is 15.6. The van der Waals surface area contributed by atoms with Gasteiger partial charge in [0.1, 0.15) is 6.54 Å². The zero-order chi connectivity index (χ0) is 15.0. The summed E-state index contributed by atoms with van der Waals surface area (Å²) in [4.78, 5) is 33.9. The predicted molar refractivity (Wildman–Crippen MR) is 75.9 cm³/mol. The van der Waals surface area contributed by atoms with Crippen LogP contribution in [0.2, 0.25) is 0 Å². The Morgan fingerprint density at radius 2 is 1.95 bits per heavy atom. The highest BCUT2D eigenvalue weighted by molar-refractivity contribution is 5.94. The summed E-state index contributed by atoms with van der Waals surface area (Å²) in [6, 6.07) is 9.25. The van der Waals surface area contributed by atoms with Gasteiger partial charge in [-0.1, -0.05) is 44.2 Å². The Bertz CT molecular complexity index is 495. The van der Waals surface area contributed by atoms with Gasteiger partial charge in [-0.15, -0.1) is 0 Å².